The van der Waals surface area contributed by atoms with Gasteiger partial charge in [-0.3, -0.25) is 9.36 Å². The molecule has 1 fully saturated rings. The predicted octanol–water partition coefficient (Wildman–Crippen LogP) is 2.65. The van der Waals surface area contributed by atoms with Crippen LogP contribution in [0.25, 0.3) is 11.0 Å². The van der Waals surface area contributed by atoms with Crippen LogP contribution in [0.15, 0.2) is 29.2 Å². The lowest BCUT2D eigenvalue weighted by molar-refractivity contribution is -0.0513. The van der Waals surface area contributed by atoms with Gasteiger partial charge in [0.05, 0.1) is 11.6 Å². The van der Waals surface area contributed by atoms with E-state index in [1.54, 1.807) is 6.92 Å². The van der Waals surface area contributed by atoms with Crippen LogP contribution in [0, 0.1) is 0 Å². The Morgan fingerprint density at radius 3 is 2.97 bits per heavy atom. The second kappa shape index (κ2) is 8.31. The van der Waals surface area contributed by atoms with E-state index < -0.39 is 29.6 Å². The highest BCUT2D eigenvalue weighted by molar-refractivity contribution is 5.77. The first-order valence-electron chi connectivity index (χ1n) is 10.9. The number of anilines is 2. The number of hydrogen-bond acceptors (Lipinski definition) is 8. The van der Waals surface area contributed by atoms with Crippen molar-refractivity contribution in [2.45, 2.75) is 57.4 Å². The standard InChI is InChI=1S/C22H24F2N6O3/c1-22(32)7-2-3-16(22)30-18-13(9-15(19(30)31)33-20(23)24)11-26-21(29-18)28-17-5-4-12-10-25-8-6-14(12)27-17/h4-5,9,11,16,20,25,32H,2-3,6-8,10H2,1H3,(H,26,27,28,29)/t16-,22-/m1/s1. The number of hydrogen-bond donors (Lipinski definition) is 3. The van der Waals surface area contributed by atoms with Crippen molar-refractivity contribution in [3.05, 3.63) is 46.0 Å². The maximum absolute atomic E-state index is 13.1. The second-order valence-electron chi connectivity index (χ2n) is 8.65. The fourth-order valence-corrected chi connectivity index (χ4v) is 4.68. The van der Waals surface area contributed by atoms with E-state index in [-0.39, 0.29) is 11.6 Å². The van der Waals surface area contributed by atoms with Crippen LogP contribution in [0.5, 0.6) is 5.75 Å². The lowest BCUT2D eigenvalue weighted by Gasteiger charge is -2.28. The van der Waals surface area contributed by atoms with Crippen LogP contribution in [0.4, 0.5) is 20.5 Å². The Morgan fingerprint density at radius 2 is 2.21 bits per heavy atom. The zero-order valence-corrected chi connectivity index (χ0v) is 18.0. The molecule has 0 amide bonds. The summed E-state index contributed by atoms with van der Waals surface area (Å²) in [7, 11) is 0. The summed E-state index contributed by atoms with van der Waals surface area (Å²) in [5, 5.41) is 17.6. The highest BCUT2D eigenvalue weighted by Gasteiger charge is 2.40. The Hall–Kier alpha value is -3.18. The summed E-state index contributed by atoms with van der Waals surface area (Å²) >= 11 is 0. The van der Waals surface area contributed by atoms with Gasteiger partial charge < -0.3 is 20.5 Å². The molecule has 0 radical (unpaired) electrons. The second-order valence-corrected chi connectivity index (χ2v) is 8.65. The van der Waals surface area contributed by atoms with Crippen LogP contribution < -0.4 is 20.9 Å². The van der Waals surface area contributed by atoms with Gasteiger partial charge in [-0.1, -0.05) is 6.07 Å². The van der Waals surface area contributed by atoms with Gasteiger partial charge in [0.15, 0.2) is 5.75 Å². The first-order chi connectivity index (χ1) is 15.8. The average molecular weight is 458 g/mol. The van der Waals surface area contributed by atoms with E-state index in [4.69, 9.17) is 0 Å². The molecule has 1 saturated carbocycles. The van der Waals surface area contributed by atoms with Crippen LogP contribution in [-0.2, 0) is 13.0 Å². The molecular weight excluding hydrogens is 434 g/mol. The monoisotopic (exact) mass is 458 g/mol. The van der Waals surface area contributed by atoms with E-state index in [1.165, 1.54) is 16.8 Å². The fraction of sp³-hybridized carbons (Fsp3) is 0.455. The SMILES string of the molecule is C[C@@]1(O)CCC[C@H]1n1c(=O)c(OC(F)F)cc2cnc(Nc3ccc4c(n3)CCNC4)nc21. The number of fused-ring (bicyclic) bond motifs is 2. The van der Waals surface area contributed by atoms with E-state index in [9.17, 15) is 18.7 Å². The maximum atomic E-state index is 13.1. The van der Waals surface area contributed by atoms with E-state index in [0.717, 1.165) is 30.8 Å². The largest absolute Gasteiger partial charge is 0.429 e. The van der Waals surface area contributed by atoms with Gasteiger partial charge in [0, 0.05) is 36.8 Å². The van der Waals surface area contributed by atoms with Gasteiger partial charge in [-0.25, -0.2) is 9.97 Å². The van der Waals surface area contributed by atoms with Crippen molar-refractivity contribution in [2.24, 2.45) is 0 Å². The Balaban J connectivity index is 1.59. The van der Waals surface area contributed by atoms with Gasteiger partial charge in [0.1, 0.15) is 11.5 Å². The number of aromatic nitrogens is 4. The summed E-state index contributed by atoms with van der Waals surface area (Å²) in [5.74, 6) is 0.265. The molecule has 0 saturated heterocycles. The molecule has 9 nitrogen and oxygen atoms in total. The van der Waals surface area contributed by atoms with E-state index in [0.29, 0.717) is 30.5 Å². The molecule has 11 heteroatoms. The van der Waals surface area contributed by atoms with Crippen molar-refractivity contribution in [1.82, 2.24) is 24.8 Å². The van der Waals surface area contributed by atoms with Crippen LogP contribution in [0.1, 0.15) is 43.5 Å². The van der Waals surface area contributed by atoms with Crippen LogP contribution >= 0.6 is 0 Å². The summed E-state index contributed by atoms with van der Waals surface area (Å²) in [4.78, 5) is 26.5. The smallest absolute Gasteiger partial charge is 0.387 e. The van der Waals surface area contributed by atoms with Crippen LogP contribution in [0.3, 0.4) is 0 Å². The summed E-state index contributed by atoms with van der Waals surface area (Å²) in [6.07, 6.45) is 3.93. The van der Waals surface area contributed by atoms with Crippen molar-refractivity contribution in [1.29, 1.82) is 0 Å². The molecule has 0 aromatic carbocycles. The molecule has 33 heavy (non-hydrogen) atoms. The molecule has 4 heterocycles. The number of rotatable bonds is 5. The molecule has 2 atom stereocenters. The number of halogens is 2. The van der Waals surface area contributed by atoms with E-state index in [1.807, 2.05) is 12.1 Å². The number of aliphatic hydroxyl groups is 1. The van der Waals surface area contributed by atoms with Crippen LogP contribution in [0.2, 0.25) is 0 Å². The molecule has 0 bridgehead atoms. The van der Waals surface area contributed by atoms with Gasteiger partial charge >= 0.3 is 6.61 Å². The first kappa shape index (κ1) is 21.7. The zero-order valence-electron chi connectivity index (χ0n) is 18.0. The highest BCUT2D eigenvalue weighted by Crippen LogP contribution is 2.40. The van der Waals surface area contributed by atoms with Gasteiger partial charge in [0.25, 0.3) is 5.56 Å². The Morgan fingerprint density at radius 1 is 1.36 bits per heavy atom. The van der Waals surface area contributed by atoms with Crippen molar-refractivity contribution in [3.8, 4) is 5.75 Å². The quantitative estimate of drug-likeness (QED) is 0.535. The summed E-state index contributed by atoms with van der Waals surface area (Å²) in [6.45, 7) is 0.105. The number of ether oxygens (including phenoxy) is 1. The van der Waals surface area contributed by atoms with E-state index in [2.05, 4.69) is 30.3 Å². The number of nitrogens with zero attached hydrogens (tertiary/aromatic N) is 4. The molecule has 3 aromatic heterocycles. The van der Waals surface area contributed by atoms with Gasteiger partial charge in [-0.15, -0.1) is 0 Å². The third kappa shape index (κ3) is 4.13. The lowest BCUT2D eigenvalue weighted by atomic mass is 10.00. The van der Waals surface area contributed by atoms with Crippen molar-refractivity contribution >= 4 is 22.8 Å². The van der Waals surface area contributed by atoms with Gasteiger partial charge in [-0.05, 0) is 43.9 Å². The van der Waals surface area contributed by atoms with Crippen molar-refractivity contribution < 1.29 is 18.6 Å². The fourth-order valence-electron chi connectivity index (χ4n) is 4.68. The molecule has 1 aliphatic heterocycles. The Kier molecular flexibility index (Phi) is 5.45. The summed E-state index contributed by atoms with van der Waals surface area (Å²) < 4.78 is 31.6. The Labute approximate surface area is 187 Å². The molecule has 5 rings (SSSR count). The minimum absolute atomic E-state index is 0.206. The minimum Gasteiger partial charge on any atom is -0.429 e. The number of nitrogens with one attached hydrogen (secondary N) is 2. The van der Waals surface area contributed by atoms with Crippen LogP contribution in [-0.4, -0.2) is 43.4 Å². The maximum Gasteiger partial charge on any atom is 0.387 e. The first-order valence-corrected chi connectivity index (χ1v) is 10.9. The highest BCUT2D eigenvalue weighted by atomic mass is 19.3. The Bertz CT molecular complexity index is 1260. The van der Waals surface area contributed by atoms with E-state index >= 15 is 0 Å². The molecule has 0 unspecified atom stereocenters. The molecule has 1 aliphatic carbocycles. The number of alkyl halides is 2. The van der Waals surface area contributed by atoms with Crippen molar-refractivity contribution in [3.63, 3.8) is 0 Å². The summed E-state index contributed by atoms with van der Waals surface area (Å²) in [6, 6.07) is 4.38. The molecule has 174 valence electrons. The summed E-state index contributed by atoms with van der Waals surface area (Å²) in [5.41, 5.74) is 0.405. The third-order valence-electron chi connectivity index (χ3n) is 6.31. The molecule has 2 aliphatic rings. The molecular formula is C22H24F2N6O3. The number of pyridine rings is 2. The average Bonchev–Trinajstić information content (AvgIpc) is 3.13. The molecule has 3 aromatic rings. The normalized spacial score (nSPS) is 22.5. The molecule has 3 N–H and O–H groups in total. The topological polar surface area (TPSA) is 114 Å². The predicted molar refractivity (Wildman–Crippen MR) is 117 cm³/mol. The van der Waals surface area contributed by atoms with Gasteiger partial charge in [-0.2, -0.15) is 13.8 Å². The minimum atomic E-state index is -3.15. The third-order valence-corrected chi connectivity index (χ3v) is 6.31. The van der Waals surface area contributed by atoms with Crippen molar-refractivity contribution in [2.75, 3.05) is 11.9 Å². The lowest BCUT2D eigenvalue weighted by Crippen LogP contribution is -2.38. The molecule has 0 spiro atoms. The van der Waals surface area contributed by atoms with Gasteiger partial charge in [0.2, 0.25) is 5.95 Å². The zero-order chi connectivity index (χ0) is 23.2.